The van der Waals surface area contributed by atoms with Gasteiger partial charge in [0.25, 0.3) is 0 Å². The van der Waals surface area contributed by atoms with Gasteiger partial charge in [-0.3, -0.25) is 0 Å². The molecule has 1 aliphatic rings. The van der Waals surface area contributed by atoms with Gasteiger partial charge in [-0.1, -0.05) is 33.1 Å². The lowest BCUT2D eigenvalue weighted by atomic mass is 9.73. The zero-order valence-electron chi connectivity index (χ0n) is 13.6. The highest BCUT2D eigenvalue weighted by Crippen LogP contribution is 2.36. The average molecular weight is 270 g/mol. The predicted octanol–water partition coefficient (Wildman–Crippen LogP) is 2.64. The van der Waals surface area contributed by atoms with Crippen molar-refractivity contribution in [3.63, 3.8) is 0 Å². The van der Waals surface area contributed by atoms with E-state index in [1.165, 1.54) is 32.1 Å². The zero-order valence-corrected chi connectivity index (χ0v) is 13.6. The van der Waals surface area contributed by atoms with E-state index in [4.69, 9.17) is 0 Å². The lowest BCUT2D eigenvalue weighted by Crippen LogP contribution is -2.48. The van der Waals surface area contributed by atoms with Gasteiger partial charge in [0, 0.05) is 25.7 Å². The number of nitrogens with zero attached hydrogens (tertiary/aromatic N) is 1. The lowest BCUT2D eigenvalue weighted by Gasteiger charge is -2.42. The highest BCUT2D eigenvalue weighted by atomic mass is 16.3. The van der Waals surface area contributed by atoms with Crippen molar-refractivity contribution in [3.05, 3.63) is 0 Å². The Bertz CT molecular complexity index is 252. The molecule has 3 nitrogen and oxygen atoms in total. The van der Waals surface area contributed by atoms with Crippen LogP contribution >= 0.6 is 0 Å². The Morgan fingerprint density at radius 2 is 1.79 bits per heavy atom. The van der Waals surface area contributed by atoms with Crippen molar-refractivity contribution in [3.8, 4) is 0 Å². The van der Waals surface area contributed by atoms with Gasteiger partial charge < -0.3 is 15.3 Å². The molecule has 19 heavy (non-hydrogen) atoms. The minimum Gasteiger partial charge on any atom is -0.389 e. The van der Waals surface area contributed by atoms with Crippen LogP contribution < -0.4 is 5.32 Å². The molecule has 114 valence electrons. The molecule has 0 atom stereocenters. The fraction of sp³-hybridized carbons (Fsp3) is 1.00. The summed E-state index contributed by atoms with van der Waals surface area (Å²) in [6, 6.07) is 0.554. The third-order valence-corrected chi connectivity index (χ3v) is 4.06. The van der Waals surface area contributed by atoms with Gasteiger partial charge in [0.2, 0.25) is 0 Å². The first-order valence-corrected chi connectivity index (χ1v) is 7.87. The molecular weight excluding hydrogens is 236 g/mol. The van der Waals surface area contributed by atoms with Gasteiger partial charge in [0.15, 0.2) is 0 Å². The molecule has 0 amide bonds. The molecule has 0 heterocycles. The van der Waals surface area contributed by atoms with E-state index in [1.807, 2.05) is 13.8 Å². The van der Waals surface area contributed by atoms with Crippen LogP contribution in [0.3, 0.4) is 0 Å². The summed E-state index contributed by atoms with van der Waals surface area (Å²) in [5, 5.41) is 13.6. The van der Waals surface area contributed by atoms with Crippen molar-refractivity contribution in [2.24, 2.45) is 5.41 Å². The summed E-state index contributed by atoms with van der Waals surface area (Å²) in [6.07, 6.45) is 6.75. The van der Waals surface area contributed by atoms with Crippen LogP contribution in [0.2, 0.25) is 0 Å². The number of aliphatic hydroxyl groups is 1. The summed E-state index contributed by atoms with van der Waals surface area (Å²) in [4.78, 5) is 2.31. The Hall–Kier alpha value is -0.120. The van der Waals surface area contributed by atoms with E-state index in [1.54, 1.807) is 0 Å². The van der Waals surface area contributed by atoms with Crippen molar-refractivity contribution in [2.75, 3.05) is 26.7 Å². The SMILES string of the molecule is CC(C)NCC1(CN(C)CC(C)(C)O)CCCCC1. The molecule has 1 fully saturated rings. The predicted molar refractivity (Wildman–Crippen MR) is 82.5 cm³/mol. The summed E-state index contributed by atoms with van der Waals surface area (Å²) >= 11 is 0. The first-order chi connectivity index (χ1) is 8.72. The molecular formula is C16H34N2O. The van der Waals surface area contributed by atoms with Crippen LogP contribution in [-0.4, -0.2) is 48.3 Å². The second-order valence-electron chi connectivity index (χ2n) is 7.58. The monoisotopic (exact) mass is 270 g/mol. The fourth-order valence-corrected chi connectivity index (χ4v) is 3.40. The van der Waals surface area contributed by atoms with E-state index in [-0.39, 0.29) is 0 Å². The molecule has 0 saturated heterocycles. The van der Waals surface area contributed by atoms with Gasteiger partial charge in [-0.25, -0.2) is 0 Å². The van der Waals surface area contributed by atoms with E-state index >= 15 is 0 Å². The number of nitrogens with one attached hydrogen (secondary N) is 1. The Labute approximate surface area is 119 Å². The lowest BCUT2D eigenvalue weighted by molar-refractivity contribution is 0.0226. The third kappa shape index (κ3) is 6.73. The molecule has 3 heteroatoms. The second-order valence-corrected chi connectivity index (χ2v) is 7.58. The van der Waals surface area contributed by atoms with Crippen LogP contribution in [0.25, 0.3) is 0 Å². The van der Waals surface area contributed by atoms with Gasteiger partial charge in [-0.15, -0.1) is 0 Å². The summed E-state index contributed by atoms with van der Waals surface area (Å²) in [6.45, 7) is 11.2. The summed E-state index contributed by atoms with van der Waals surface area (Å²) in [5.41, 5.74) is -0.196. The summed E-state index contributed by atoms with van der Waals surface area (Å²) in [5.74, 6) is 0. The standard InChI is InChI=1S/C16H34N2O/c1-14(2)17-11-16(9-7-6-8-10-16)13-18(5)12-15(3,4)19/h14,17,19H,6-13H2,1-5H3. The second kappa shape index (κ2) is 7.05. The zero-order chi connectivity index (χ0) is 14.5. The minimum atomic E-state index is -0.601. The Morgan fingerprint density at radius 1 is 1.21 bits per heavy atom. The molecule has 0 radical (unpaired) electrons. The Kier molecular flexibility index (Phi) is 6.28. The third-order valence-electron chi connectivity index (χ3n) is 4.06. The molecule has 0 aromatic rings. The van der Waals surface area contributed by atoms with Crippen molar-refractivity contribution in [1.29, 1.82) is 0 Å². The summed E-state index contributed by atoms with van der Waals surface area (Å²) < 4.78 is 0. The number of hydrogen-bond acceptors (Lipinski definition) is 3. The van der Waals surface area contributed by atoms with Crippen LogP contribution in [0.5, 0.6) is 0 Å². The van der Waals surface area contributed by atoms with E-state index in [0.717, 1.165) is 19.6 Å². The quantitative estimate of drug-likeness (QED) is 0.746. The van der Waals surface area contributed by atoms with Crippen molar-refractivity contribution < 1.29 is 5.11 Å². The van der Waals surface area contributed by atoms with Crippen molar-refractivity contribution in [2.45, 2.75) is 71.4 Å². The molecule has 0 aliphatic heterocycles. The smallest absolute Gasteiger partial charge is 0.0718 e. The van der Waals surface area contributed by atoms with Crippen molar-refractivity contribution in [1.82, 2.24) is 10.2 Å². The first-order valence-electron chi connectivity index (χ1n) is 7.87. The van der Waals surface area contributed by atoms with Crippen LogP contribution in [0, 0.1) is 5.41 Å². The topological polar surface area (TPSA) is 35.5 Å². The van der Waals surface area contributed by atoms with Gasteiger partial charge in [0.05, 0.1) is 5.60 Å². The first kappa shape index (κ1) is 16.9. The van der Waals surface area contributed by atoms with E-state index in [9.17, 15) is 5.11 Å². The molecule has 0 spiro atoms. The molecule has 1 aliphatic carbocycles. The van der Waals surface area contributed by atoms with Crippen LogP contribution in [0.1, 0.15) is 59.8 Å². The van der Waals surface area contributed by atoms with Gasteiger partial charge in [-0.05, 0) is 39.2 Å². The number of likely N-dealkylation sites (N-methyl/N-ethyl adjacent to an activating group) is 1. The van der Waals surface area contributed by atoms with Crippen LogP contribution in [0.15, 0.2) is 0 Å². The normalized spacial score (nSPS) is 20.2. The molecule has 2 N–H and O–H groups in total. The summed E-state index contributed by atoms with van der Waals surface area (Å²) in [7, 11) is 2.14. The molecule has 1 rings (SSSR count). The number of hydrogen-bond donors (Lipinski definition) is 2. The maximum atomic E-state index is 9.96. The van der Waals surface area contributed by atoms with Gasteiger partial charge in [-0.2, -0.15) is 0 Å². The maximum Gasteiger partial charge on any atom is 0.0718 e. The highest BCUT2D eigenvalue weighted by Gasteiger charge is 2.33. The van der Waals surface area contributed by atoms with E-state index < -0.39 is 5.60 Å². The maximum absolute atomic E-state index is 9.96. The van der Waals surface area contributed by atoms with Gasteiger partial charge in [0.1, 0.15) is 0 Å². The van der Waals surface area contributed by atoms with E-state index in [2.05, 4.69) is 31.1 Å². The van der Waals surface area contributed by atoms with Crippen molar-refractivity contribution >= 4 is 0 Å². The molecule has 0 unspecified atom stereocenters. The average Bonchev–Trinajstić information content (AvgIpc) is 2.25. The largest absolute Gasteiger partial charge is 0.389 e. The van der Waals surface area contributed by atoms with E-state index in [0.29, 0.717) is 11.5 Å². The van der Waals surface area contributed by atoms with Gasteiger partial charge >= 0.3 is 0 Å². The molecule has 0 aromatic carbocycles. The fourth-order valence-electron chi connectivity index (χ4n) is 3.40. The molecule has 1 saturated carbocycles. The van der Waals surface area contributed by atoms with Crippen LogP contribution in [-0.2, 0) is 0 Å². The number of rotatable bonds is 7. The van der Waals surface area contributed by atoms with Crippen LogP contribution in [0.4, 0.5) is 0 Å². The Balaban J connectivity index is 2.58. The highest BCUT2D eigenvalue weighted by molar-refractivity contribution is 4.88. The minimum absolute atomic E-state index is 0.405. The molecule has 0 aromatic heterocycles. The Morgan fingerprint density at radius 3 is 2.26 bits per heavy atom. The molecule has 0 bridgehead atoms.